The summed E-state index contributed by atoms with van der Waals surface area (Å²) in [5, 5.41) is 11.6. The van der Waals surface area contributed by atoms with Crippen molar-refractivity contribution in [2.75, 3.05) is 0 Å². The molecule has 8 heteroatoms. The quantitative estimate of drug-likeness (QED) is 0.435. The van der Waals surface area contributed by atoms with Gasteiger partial charge in [0.05, 0.1) is 22.7 Å². The number of fused-ring (bicyclic) bond motifs is 1. The van der Waals surface area contributed by atoms with E-state index in [4.69, 9.17) is 11.0 Å². The number of primary amides is 1. The number of carbonyl (C=O) groups is 2. The number of aromatic amines is 1. The third-order valence-corrected chi connectivity index (χ3v) is 4.87. The number of hydrogen-bond donors (Lipinski definition) is 3. The number of H-pyrrole nitrogens is 1. The molecule has 0 fully saturated rings. The minimum Gasteiger partial charge on any atom is -0.368 e. The lowest BCUT2D eigenvalue weighted by molar-refractivity contribution is -0.119. The van der Waals surface area contributed by atoms with Crippen LogP contribution in [0.2, 0.25) is 0 Å². The van der Waals surface area contributed by atoms with Gasteiger partial charge >= 0.3 is 0 Å². The van der Waals surface area contributed by atoms with E-state index in [0.29, 0.717) is 28.0 Å². The SMILES string of the molecule is C.N#Cc1ccc(C[C@H](NC(=O)c2ccc3nc(-c4ccncc4)[nH]c3c2)C(N)=O)cc1. The first-order chi connectivity index (χ1) is 15.0. The average Bonchev–Trinajstić information content (AvgIpc) is 3.23. The van der Waals surface area contributed by atoms with Gasteiger partial charge in [0.2, 0.25) is 5.91 Å². The number of amides is 2. The van der Waals surface area contributed by atoms with Gasteiger partial charge in [0, 0.05) is 29.9 Å². The average molecular weight is 426 g/mol. The number of nitrogens with two attached hydrogens (primary N) is 1. The van der Waals surface area contributed by atoms with E-state index in [2.05, 4.69) is 20.3 Å². The van der Waals surface area contributed by atoms with Crippen molar-refractivity contribution in [3.8, 4) is 17.5 Å². The van der Waals surface area contributed by atoms with Gasteiger partial charge in [-0.05, 0) is 48.0 Å². The van der Waals surface area contributed by atoms with Gasteiger partial charge in [-0.25, -0.2) is 4.98 Å². The van der Waals surface area contributed by atoms with Crippen molar-refractivity contribution < 1.29 is 9.59 Å². The third-order valence-electron chi connectivity index (χ3n) is 4.87. The van der Waals surface area contributed by atoms with Crippen molar-refractivity contribution in [2.24, 2.45) is 5.73 Å². The first-order valence-electron chi connectivity index (χ1n) is 9.53. The fourth-order valence-electron chi connectivity index (χ4n) is 3.21. The number of carbonyl (C=O) groups excluding carboxylic acids is 2. The lowest BCUT2D eigenvalue weighted by Crippen LogP contribution is -2.45. The molecule has 4 N–H and O–H groups in total. The molecule has 0 aliphatic heterocycles. The Balaban J connectivity index is 0.00000289. The molecule has 160 valence electrons. The highest BCUT2D eigenvalue weighted by molar-refractivity contribution is 6.00. The topological polar surface area (TPSA) is 138 Å². The number of pyridine rings is 1. The molecule has 32 heavy (non-hydrogen) atoms. The number of nitrogens with zero attached hydrogens (tertiary/aromatic N) is 3. The molecule has 4 aromatic rings. The number of benzene rings is 2. The number of imidazole rings is 1. The van der Waals surface area contributed by atoms with Gasteiger partial charge in [0.25, 0.3) is 5.91 Å². The van der Waals surface area contributed by atoms with Crippen LogP contribution in [0.25, 0.3) is 22.4 Å². The van der Waals surface area contributed by atoms with Crippen LogP contribution in [0.1, 0.15) is 28.9 Å². The van der Waals surface area contributed by atoms with Gasteiger partial charge in [0.15, 0.2) is 0 Å². The zero-order chi connectivity index (χ0) is 21.8. The fraction of sp³-hybridized carbons (Fsp3) is 0.125. The van der Waals surface area contributed by atoms with Crippen molar-refractivity contribution in [3.63, 3.8) is 0 Å². The molecule has 0 aliphatic rings. The summed E-state index contributed by atoms with van der Waals surface area (Å²) in [6.45, 7) is 0. The van der Waals surface area contributed by atoms with Crippen molar-refractivity contribution in [2.45, 2.75) is 19.9 Å². The summed E-state index contributed by atoms with van der Waals surface area (Å²) in [5.74, 6) is -0.384. The molecule has 2 heterocycles. The van der Waals surface area contributed by atoms with Crippen LogP contribution in [0.4, 0.5) is 0 Å². The molecular formula is C24H22N6O2. The summed E-state index contributed by atoms with van der Waals surface area (Å²) in [6.07, 6.45) is 3.59. The van der Waals surface area contributed by atoms with Crippen LogP contribution in [-0.4, -0.2) is 32.8 Å². The number of rotatable bonds is 6. The Morgan fingerprint density at radius 1 is 1.09 bits per heavy atom. The van der Waals surface area contributed by atoms with E-state index >= 15 is 0 Å². The largest absolute Gasteiger partial charge is 0.368 e. The molecule has 2 aromatic carbocycles. The monoisotopic (exact) mass is 426 g/mol. The van der Waals surface area contributed by atoms with E-state index in [-0.39, 0.29) is 13.8 Å². The fourth-order valence-corrected chi connectivity index (χ4v) is 3.21. The molecule has 0 spiro atoms. The molecule has 0 saturated carbocycles. The zero-order valence-corrected chi connectivity index (χ0v) is 16.4. The standard InChI is InChI=1S/C23H18N6O2.CH4/c24-13-15-3-1-14(2-4-15)11-20(21(25)30)29-23(31)17-5-6-18-19(12-17)28-22(27-18)16-7-9-26-10-8-16;/h1-10,12,20H,11H2,(H2,25,30)(H,27,28)(H,29,31);1H4/t20-;/m0./s1. The van der Waals surface area contributed by atoms with Gasteiger partial charge < -0.3 is 16.0 Å². The smallest absolute Gasteiger partial charge is 0.252 e. The molecular weight excluding hydrogens is 404 g/mol. The van der Waals surface area contributed by atoms with E-state index in [1.54, 1.807) is 54.9 Å². The minimum atomic E-state index is -0.884. The maximum absolute atomic E-state index is 12.8. The minimum absolute atomic E-state index is 0. The second-order valence-corrected chi connectivity index (χ2v) is 6.99. The molecule has 2 amide bonds. The van der Waals surface area contributed by atoms with Gasteiger partial charge in [-0.15, -0.1) is 0 Å². The number of aromatic nitrogens is 3. The van der Waals surface area contributed by atoms with Crippen LogP contribution >= 0.6 is 0 Å². The summed E-state index contributed by atoms with van der Waals surface area (Å²) >= 11 is 0. The van der Waals surface area contributed by atoms with Crippen molar-refractivity contribution in [3.05, 3.63) is 83.7 Å². The van der Waals surface area contributed by atoms with Crippen LogP contribution in [0.3, 0.4) is 0 Å². The molecule has 8 nitrogen and oxygen atoms in total. The summed E-state index contributed by atoms with van der Waals surface area (Å²) in [5.41, 5.74) is 9.47. The van der Waals surface area contributed by atoms with Crippen molar-refractivity contribution >= 4 is 22.8 Å². The lowest BCUT2D eigenvalue weighted by Gasteiger charge is -2.15. The second-order valence-electron chi connectivity index (χ2n) is 6.99. The first-order valence-corrected chi connectivity index (χ1v) is 9.53. The van der Waals surface area contributed by atoms with Crippen molar-refractivity contribution in [1.29, 1.82) is 5.26 Å². The Kier molecular flexibility index (Phi) is 6.61. The molecule has 2 aromatic heterocycles. The maximum atomic E-state index is 12.8. The summed E-state index contributed by atoms with van der Waals surface area (Å²) in [6, 6.07) is 16.7. The predicted octanol–water partition coefficient (Wildman–Crippen LogP) is 2.96. The Morgan fingerprint density at radius 2 is 1.81 bits per heavy atom. The Bertz CT molecular complexity index is 1290. The molecule has 0 bridgehead atoms. The number of nitrogens with one attached hydrogen (secondary N) is 2. The first kappa shape index (κ1) is 22.2. The van der Waals surface area contributed by atoms with Gasteiger partial charge in [0.1, 0.15) is 11.9 Å². The number of nitriles is 1. The van der Waals surface area contributed by atoms with Gasteiger partial charge in [-0.1, -0.05) is 19.6 Å². The van der Waals surface area contributed by atoms with Crippen LogP contribution in [0, 0.1) is 11.3 Å². The van der Waals surface area contributed by atoms with Gasteiger partial charge in [-0.2, -0.15) is 5.26 Å². The van der Waals surface area contributed by atoms with E-state index in [1.165, 1.54) is 0 Å². The van der Waals surface area contributed by atoms with Gasteiger partial charge in [-0.3, -0.25) is 14.6 Å². The molecule has 1 atom stereocenters. The normalized spacial score (nSPS) is 11.2. The van der Waals surface area contributed by atoms with E-state index < -0.39 is 17.9 Å². The molecule has 0 saturated heterocycles. The van der Waals surface area contributed by atoms with E-state index in [1.807, 2.05) is 18.2 Å². The summed E-state index contributed by atoms with van der Waals surface area (Å²) < 4.78 is 0. The Labute approximate surface area is 185 Å². The highest BCUT2D eigenvalue weighted by Crippen LogP contribution is 2.21. The van der Waals surface area contributed by atoms with Crippen LogP contribution < -0.4 is 11.1 Å². The number of hydrogen-bond acceptors (Lipinski definition) is 5. The van der Waals surface area contributed by atoms with Crippen LogP contribution in [0.5, 0.6) is 0 Å². The van der Waals surface area contributed by atoms with Crippen LogP contribution in [-0.2, 0) is 11.2 Å². The summed E-state index contributed by atoms with van der Waals surface area (Å²) in [4.78, 5) is 36.4. The Morgan fingerprint density at radius 3 is 2.47 bits per heavy atom. The predicted molar refractivity (Wildman–Crippen MR) is 121 cm³/mol. The lowest BCUT2D eigenvalue weighted by atomic mass is 10.0. The molecule has 0 unspecified atom stereocenters. The Hall–Kier alpha value is -4.51. The molecule has 4 rings (SSSR count). The highest BCUT2D eigenvalue weighted by atomic mass is 16.2. The molecule has 0 radical (unpaired) electrons. The van der Waals surface area contributed by atoms with E-state index in [0.717, 1.165) is 11.1 Å². The van der Waals surface area contributed by atoms with E-state index in [9.17, 15) is 9.59 Å². The van der Waals surface area contributed by atoms with Crippen LogP contribution in [0.15, 0.2) is 67.0 Å². The molecule has 0 aliphatic carbocycles. The van der Waals surface area contributed by atoms with Crippen molar-refractivity contribution in [1.82, 2.24) is 20.3 Å². The maximum Gasteiger partial charge on any atom is 0.252 e. The zero-order valence-electron chi connectivity index (χ0n) is 16.4. The highest BCUT2D eigenvalue weighted by Gasteiger charge is 2.20. The third kappa shape index (κ3) is 4.79. The summed E-state index contributed by atoms with van der Waals surface area (Å²) in [7, 11) is 0. The second kappa shape index (κ2) is 9.53.